The van der Waals surface area contributed by atoms with Gasteiger partial charge in [-0.15, -0.1) is 11.8 Å². The molecule has 12 heavy (non-hydrogen) atoms. The molecular formula is C9H7NOS. The van der Waals surface area contributed by atoms with Gasteiger partial charge in [-0.1, -0.05) is 18.2 Å². The summed E-state index contributed by atoms with van der Waals surface area (Å²) in [6.45, 7) is 0. The molecule has 1 aromatic rings. The molecule has 1 rings (SSSR count). The van der Waals surface area contributed by atoms with Gasteiger partial charge in [0.1, 0.15) is 0 Å². The zero-order valence-corrected chi connectivity index (χ0v) is 7.17. The van der Waals surface area contributed by atoms with E-state index < -0.39 is 0 Å². The second kappa shape index (κ2) is 4.58. The van der Waals surface area contributed by atoms with E-state index in [0.29, 0.717) is 11.3 Å². The Kier molecular flexibility index (Phi) is 3.36. The molecule has 0 radical (unpaired) electrons. The van der Waals surface area contributed by atoms with Crippen molar-refractivity contribution in [1.82, 2.24) is 0 Å². The predicted molar refractivity (Wildman–Crippen MR) is 48.2 cm³/mol. The first-order valence-corrected chi connectivity index (χ1v) is 4.41. The molecule has 60 valence electrons. The molecule has 1 aromatic carbocycles. The number of rotatable bonds is 3. The van der Waals surface area contributed by atoms with Crippen LogP contribution in [0.1, 0.15) is 10.4 Å². The van der Waals surface area contributed by atoms with Gasteiger partial charge < -0.3 is 0 Å². The van der Waals surface area contributed by atoms with Gasteiger partial charge in [0.2, 0.25) is 0 Å². The number of carbonyl (C=O) groups excluding carboxylic acids is 1. The number of carbonyl (C=O) groups is 1. The van der Waals surface area contributed by atoms with Crippen LogP contribution in [0.15, 0.2) is 29.2 Å². The highest BCUT2D eigenvalue weighted by molar-refractivity contribution is 7.99. The molecule has 2 nitrogen and oxygen atoms in total. The molecule has 0 heterocycles. The molecule has 0 saturated heterocycles. The monoisotopic (exact) mass is 177 g/mol. The molecule has 0 aliphatic heterocycles. The summed E-state index contributed by atoms with van der Waals surface area (Å²) in [5.41, 5.74) is 0.651. The second-order valence-corrected chi connectivity index (χ2v) is 3.12. The van der Waals surface area contributed by atoms with E-state index in [1.54, 1.807) is 12.1 Å². The highest BCUT2D eigenvalue weighted by Crippen LogP contribution is 2.20. The number of thioether (sulfide) groups is 1. The van der Waals surface area contributed by atoms with Gasteiger partial charge in [0.15, 0.2) is 6.29 Å². The normalized spacial score (nSPS) is 8.92. The predicted octanol–water partition coefficient (Wildman–Crippen LogP) is 2.11. The van der Waals surface area contributed by atoms with E-state index in [1.807, 2.05) is 18.2 Å². The Morgan fingerprint density at radius 3 is 2.92 bits per heavy atom. The first-order chi connectivity index (χ1) is 5.88. The molecule has 0 saturated carbocycles. The lowest BCUT2D eigenvalue weighted by Crippen LogP contribution is -1.84. The molecule has 0 spiro atoms. The molecule has 0 fully saturated rings. The Morgan fingerprint density at radius 1 is 1.50 bits per heavy atom. The van der Waals surface area contributed by atoms with Crippen molar-refractivity contribution in [3.63, 3.8) is 0 Å². The quantitative estimate of drug-likeness (QED) is 0.524. The van der Waals surface area contributed by atoms with Crippen LogP contribution in [0.25, 0.3) is 0 Å². The minimum atomic E-state index is 0.380. The van der Waals surface area contributed by atoms with Crippen LogP contribution >= 0.6 is 11.8 Å². The van der Waals surface area contributed by atoms with E-state index in [9.17, 15) is 4.79 Å². The summed E-state index contributed by atoms with van der Waals surface area (Å²) in [6.07, 6.45) is 0.805. The lowest BCUT2D eigenvalue weighted by molar-refractivity contribution is 0.112. The Balaban J connectivity index is 2.83. The fraction of sp³-hybridized carbons (Fsp3) is 0.111. The smallest absolute Gasteiger partial charge is 0.151 e. The highest BCUT2D eigenvalue weighted by atomic mass is 32.2. The van der Waals surface area contributed by atoms with E-state index in [2.05, 4.69) is 0 Å². The van der Waals surface area contributed by atoms with Gasteiger partial charge in [-0.3, -0.25) is 4.79 Å². The summed E-state index contributed by atoms with van der Waals surface area (Å²) in [4.78, 5) is 11.4. The van der Waals surface area contributed by atoms with Crippen molar-refractivity contribution < 1.29 is 4.79 Å². The number of hydrogen-bond donors (Lipinski definition) is 0. The van der Waals surface area contributed by atoms with Crippen LogP contribution in [0.5, 0.6) is 0 Å². The van der Waals surface area contributed by atoms with Crippen LogP contribution in [0.3, 0.4) is 0 Å². The Bertz CT molecular complexity index is 317. The number of hydrogen-bond acceptors (Lipinski definition) is 3. The van der Waals surface area contributed by atoms with Gasteiger partial charge in [0.05, 0.1) is 11.8 Å². The number of aldehydes is 1. The Hall–Kier alpha value is -1.27. The summed E-state index contributed by atoms with van der Waals surface area (Å²) in [5.74, 6) is 0.380. The molecule has 0 aromatic heterocycles. The maximum atomic E-state index is 10.5. The van der Waals surface area contributed by atoms with Crippen LogP contribution in [0.4, 0.5) is 0 Å². The molecule has 0 bridgehead atoms. The summed E-state index contributed by atoms with van der Waals surface area (Å²) in [5, 5.41) is 8.33. The molecule has 0 aliphatic rings. The summed E-state index contributed by atoms with van der Waals surface area (Å²) in [6, 6.07) is 9.26. The third kappa shape index (κ3) is 2.11. The topological polar surface area (TPSA) is 40.9 Å². The van der Waals surface area contributed by atoms with Crippen LogP contribution in [0, 0.1) is 11.3 Å². The van der Waals surface area contributed by atoms with Crippen LogP contribution in [-0.4, -0.2) is 12.0 Å². The molecular weight excluding hydrogens is 170 g/mol. The van der Waals surface area contributed by atoms with Gasteiger partial charge in [-0.2, -0.15) is 5.26 Å². The zero-order valence-electron chi connectivity index (χ0n) is 6.36. The standard InChI is InChI=1S/C9H7NOS/c10-5-6-12-9-4-2-1-3-8(9)7-11/h1-4,7H,6H2. The zero-order chi connectivity index (χ0) is 8.81. The summed E-state index contributed by atoms with van der Waals surface area (Å²) in [7, 11) is 0. The van der Waals surface area contributed by atoms with E-state index in [4.69, 9.17) is 5.26 Å². The van der Waals surface area contributed by atoms with Crippen LogP contribution in [0.2, 0.25) is 0 Å². The van der Waals surface area contributed by atoms with Crippen molar-refractivity contribution in [2.24, 2.45) is 0 Å². The molecule has 3 heteroatoms. The van der Waals surface area contributed by atoms with Gasteiger partial charge in [-0.05, 0) is 6.07 Å². The summed E-state index contributed by atoms with van der Waals surface area (Å²) < 4.78 is 0. The average molecular weight is 177 g/mol. The van der Waals surface area contributed by atoms with Gasteiger partial charge in [0.25, 0.3) is 0 Å². The number of nitrogens with zero attached hydrogens (tertiary/aromatic N) is 1. The van der Waals surface area contributed by atoms with Crippen molar-refractivity contribution in [3.8, 4) is 6.07 Å². The van der Waals surface area contributed by atoms with Gasteiger partial charge >= 0.3 is 0 Å². The molecule has 0 atom stereocenters. The second-order valence-electron chi connectivity index (χ2n) is 2.10. The average Bonchev–Trinajstić information content (AvgIpc) is 2.15. The molecule has 0 unspecified atom stereocenters. The number of benzene rings is 1. The van der Waals surface area contributed by atoms with Crippen LogP contribution in [-0.2, 0) is 0 Å². The summed E-state index contributed by atoms with van der Waals surface area (Å²) >= 11 is 1.38. The molecule has 0 amide bonds. The van der Waals surface area contributed by atoms with Crippen molar-refractivity contribution in [1.29, 1.82) is 5.26 Å². The van der Waals surface area contributed by atoms with Crippen molar-refractivity contribution in [2.75, 3.05) is 5.75 Å². The van der Waals surface area contributed by atoms with Crippen molar-refractivity contribution in [2.45, 2.75) is 4.90 Å². The van der Waals surface area contributed by atoms with E-state index >= 15 is 0 Å². The molecule has 0 aliphatic carbocycles. The lowest BCUT2D eigenvalue weighted by Gasteiger charge is -1.98. The third-order valence-corrected chi connectivity index (χ3v) is 2.29. The lowest BCUT2D eigenvalue weighted by atomic mass is 10.2. The molecule has 0 N–H and O–H groups in total. The first kappa shape index (κ1) is 8.82. The van der Waals surface area contributed by atoms with E-state index in [1.165, 1.54) is 11.8 Å². The third-order valence-electron chi connectivity index (χ3n) is 1.34. The van der Waals surface area contributed by atoms with E-state index in [0.717, 1.165) is 11.2 Å². The van der Waals surface area contributed by atoms with Crippen molar-refractivity contribution >= 4 is 18.0 Å². The fourth-order valence-corrected chi connectivity index (χ4v) is 1.50. The van der Waals surface area contributed by atoms with Gasteiger partial charge in [0, 0.05) is 10.5 Å². The largest absolute Gasteiger partial charge is 0.298 e. The van der Waals surface area contributed by atoms with Gasteiger partial charge in [-0.25, -0.2) is 0 Å². The first-order valence-electron chi connectivity index (χ1n) is 3.42. The Morgan fingerprint density at radius 2 is 2.25 bits per heavy atom. The maximum absolute atomic E-state index is 10.5. The maximum Gasteiger partial charge on any atom is 0.151 e. The van der Waals surface area contributed by atoms with Crippen molar-refractivity contribution in [3.05, 3.63) is 29.8 Å². The Labute approximate surface area is 75.2 Å². The minimum Gasteiger partial charge on any atom is -0.298 e. The highest BCUT2D eigenvalue weighted by Gasteiger charge is 1.98. The SMILES string of the molecule is N#CCSc1ccccc1C=O. The number of nitriles is 1. The van der Waals surface area contributed by atoms with Crippen LogP contribution < -0.4 is 0 Å². The van der Waals surface area contributed by atoms with E-state index in [-0.39, 0.29) is 0 Å². The minimum absolute atomic E-state index is 0.380. The fourth-order valence-electron chi connectivity index (χ4n) is 0.819.